The Hall–Kier alpha value is -0.840. The maximum Gasteiger partial charge on any atom is 0.0860 e. The molecule has 0 aromatic carbocycles. The molecule has 18 heavy (non-hydrogen) atoms. The van der Waals surface area contributed by atoms with Gasteiger partial charge in [0.2, 0.25) is 0 Å². The molecule has 0 spiro atoms. The Morgan fingerprint density at radius 1 is 1.50 bits per heavy atom. The molecule has 0 atom stereocenters. The number of hydrogen-bond acceptors (Lipinski definition) is 3. The molecule has 98 valence electrons. The second-order valence-electron chi connectivity index (χ2n) is 4.17. The molecule has 0 unspecified atom stereocenters. The Morgan fingerprint density at radius 2 is 2.33 bits per heavy atom. The quantitative estimate of drug-likeness (QED) is 0.825. The average Bonchev–Trinajstić information content (AvgIpc) is 2.96. The van der Waals surface area contributed by atoms with Gasteiger partial charge in [-0.05, 0) is 31.7 Å². The highest BCUT2D eigenvalue weighted by Crippen LogP contribution is 2.19. The highest BCUT2D eigenvalue weighted by Gasteiger charge is 2.11. The van der Waals surface area contributed by atoms with Crippen LogP contribution in [0.25, 0.3) is 0 Å². The second-order valence-corrected chi connectivity index (χ2v) is 5.58. The van der Waals surface area contributed by atoms with E-state index in [1.54, 1.807) is 11.3 Å². The minimum absolute atomic E-state index is 0.777. The zero-order chi connectivity index (χ0) is 13.0. The zero-order valence-corrected chi connectivity index (χ0v) is 12.3. The Morgan fingerprint density at radius 3 is 3.00 bits per heavy atom. The van der Waals surface area contributed by atoms with E-state index in [-0.39, 0.29) is 0 Å². The van der Waals surface area contributed by atoms with E-state index in [1.807, 2.05) is 11.6 Å². The molecule has 0 amide bonds. The van der Waals surface area contributed by atoms with Crippen LogP contribution >= 0.6 is 22.9 Å². The van der Waals surface area contributed by atoms with Gasteiger partial charge in [-0.15, -0.1) is 11.3 Å². The molecule has 0 aliphatic rings. The van der Waals surface area contributed by atoms with Crippen molar-refractivity contribution in [3.8, 4) is 0 Å². The van der Waals surface area contributed by atoms with E-state index < -0.39 is 0 Å². The summed E-state index contributed by atoms with van der Waals surface area (Å²) in [4.78, 5) is 1.41. The average molecular weight is 284 g/mol. The van der Waals surface area contributed by atoms with E-state index in [4.69, 9.17) is 11.6 Å². The smallest absolute Gasteiger partial charge is 0.0860 e. The van der Waals surface area contributed by atoms with Crippen LogP contribution in [0, 0.1) is 6.92 Å². The lowest BCUT2D eigenvalue weighted by atomic mass is 10.3. The van der Waals surface area contributed by atoms with Gasteiger partial charge in [0.15, 0.2) is 0 Å². The van der Waals surface area contributed by atoms with Gasteiger partial charge >= 0.3 is 0 Å². The number of nitrogens with zero attached hydrogens (tertiary/aromatic N) is 2. The molecular formula is C13H18ClN3S. The second kappa shape index (κ2) is 6.36. The van der Waals surface area contributed by atoms with Crippen molar-refractivity contribution in [1.82, 2.24) is 15.1 Å². The molecule has 0 bridgehead atoms. The largest absolute Gasteiger partial charge is 0.311 e. The summed E-state index contributed by atoms with van der Waals surface area (Å²) >= 11 is 8.05. The van der Waals surface area contributed by atoms with Gasteiger partial charge in [-0.2, -0.15) is 5.10 Å². The predicted octanol–water partition coefficient (Wildman–Crippen LogP) is 3.26. The first-order valence-corrected chi connectivity index (χ1v) is 7.43. The van der Waals surface area contributed by atoms with Crippen molar-refractivity contribution in [3.63, 3.8) is 0 Å². The van der Waals surface area contributed by atoms with E-state index in [2.05, 4.69) is 34.9 Å². The topological polar surface area (TPSA) is 29.9 Å². The van der Waals surface area contributed by atoms with Gasteiger partial charge in [0, 0.05) is 24.5 Å². The first-order valence-electron chi connectivity index (χ1n) is 6.17. The van der Waals surface area contributed by atoms with Gasteiger partial charge in [-0.3, -0.25) is 4.68 Å². The fourth-order valence-electron chi connectivity index (χ4n) is 1.91. The monoisotopic (exact) mass is 283 g/mol. The number of aryl methyl sites for hydroxylation is 2. The van der Waals surface area contributed by atoms with Crippen LogP contribution in [0.1, 0.15) is 23.2 Å². The SMILES string of the molecule is CCn1nc(C)c(Cl)c1CNCCc1cccs1. The molecule has 3 nitrogen and oxygen atoms in total. The standard InChI is InChI=1S/C13H18ClN3S/c1-3-17-12(13(14)10(2)16-17)9-15-7-6-11-5-4-8-18-11/h4-5,8,15H,3,6-7,9H2,1-2H3. The van der Waals surface area contributed by atoms with Crippen LogP contribution in [-0.4, -0.2) is 16.3 Å². The molecule has 1 N–H and O–H groups in total. The lowest BCUT2D eigenvalue weighted by molar-refractivity contribution is 0.580. The highest BCUT2D eigenvalue weighted by atomic mass is 35.5. The van der Waals surface area contributed by atoms with Crippen LogP contribution in [0.2, 0.25) is 5.02 Å². The molecule has 0 saturated carbocycles. The van der Waals surface area contributed by atoms with Crippen molar-refractivity contribution in [1.29, 1.82) is 0 Å². The third kappa shape index (κ3) is 3.13. The molecule has 2 aromatic rings. The Bertz CT molecular complexity index is 491. The molecule has 2 heterocycles. The van der Waals surface area contributed by atoms with Crippen molar-refractivity contribution in [2.45, 2.75) is 33.4 Å². The number of hydrogen-bond donors (Lipinski definition) is 1. The number of nitrogens with one attached hydrogen (secondary N) is 1. The molecule has 0 aliphatic carbocycles. The fraction of sp³-hybridized carbons (Fsp3) is 0.462. The molecule has 0 aliphatic heterocycles. The molecule has 2 aromatic heterocycles. The number of aromatic nitrogens is 2. The van der Waals surface area contributed by atoms with Gasteiger partial charge in [0.05, 0.1) is 16.4 Å². The van der Waals surface area contributed by atoms with Crippen LogP contribution in [0.15, 0.2) is 17.5 Å². The number of halogens is 1. The molecule has 0 fully saturated rings. The lowest BCUT2D eigenvalue weighted by Crippen LogP contribution is -2.19. The van der Waals surface area contributed by atoms with Crippen LogP contribution in [-0.2, 0) is 19.5 Å². The summed E-state index contributed by atoms with van der Waals surface area (Å²) in [5.74, 6) is 0. The van der Waals surface area contributed by atoms with Gasteiger partial charge in [0.25, 0.3) is 0 Å². The number of thiophene rings is 1. The van der Waals surface area contributed by atoms with Crippen molar-refractivity contribution in [2.75, 3.05) is 6.54 Å². The van der Waals surface area contributed by atoms with Crippen LogP contribution in [0.5, 0.6) is 0 Å². The van der Waals surface area contributed by atoms with E-state index in [9.17, 15) is 0 Å². The fourth-order valence-corrected chi connectivity index (χ4v) is 2.82. The third-order valence-corrected chi connectivity index (χ3v) is 4.30. The normalized spacial score (nSPS) is 11.1. The first kappa shape index (κ1) is 13.6. The van der Waals surface area contributed by atoms with E-state index in [0.29, 0.717) is 0 Å². The van der Waals surface area contributed by atoms with E-state index >= 15 is 0 Å². The van der Waals surface area contributed by atoms with Crippen molar-refractivity contribution in [3.05, 3.63) is 38.8 Å². The van der Waals surface area contributed by atoms with Crippen molar-refractivity contribution < 1.29 is 0 Å². The minimum atomic E-state index is 0.777. The van der Waals surface area contributed by atoms with Crippen LogP contribution in [0.4, 0.5) is 0 Å². The molecule has 0 saturated heterocycles. The van der Waals surface area contributed by atoms with E-state index in [0.717, 1.165) is 42.5 Å². The summed E-state index contributed by atoms with van der Waals surface area (Å²) in [7, 11) is 0. The predicted molar refractivity (Wildman–Crippen MR) is 77.4 cm³/mol. The van der Waals surface area contributed by atoms with Crippen LogP contribution < -0.4 is 5.32 Å². The maximum absolute atomic E-state index is 6.25. The van der Waals surface area contributed by atoms with Gasteiger partial charge in [-0.25, -0.2) is 0 Å². The number of rotatable bonds is 6. The Kier molecular flexibility index (Phi) is 4.80. The summed E-state index contributed by atoms with van der Waals surface area (Å²) in [5.41, 5.74) is 2.00. The first-order chi connectivity index (χ1) is 8.72. The summed E-state index contributed by atoms with van der Waals surface area (Å²) in [6.07, 6.45) is 1.06. The van der Waals surface area contributed by atoms with Crippen molar-refractivity contribution >= 4 is 22.9 Å². The zero-order valence-electron chi connectivity index (χ0n) is 10.7. The molecule has 2 rings (SSSR count). The van der Waals surface area contributed by atoms with Crippen LogP contribution in [0.3, 0.4) is 0 Å². The van der Waals surface area contributed by atoms with Gasteiger partial charge in [0.1, 0.15) is 0 Å². The summed E-state index contributed by atoms with van der Waals surface area (Å²) in [6.45, 7) is 6.63. The van der Waals surface area contributed by atoms with Crippen molar-refractivity contribution in [2.24, 2.45) is 0 Å². The lowest BCUT2D eigenvalue weighted by Gasteiger charge is -2.06. The third-order valence-electron chi connectivity index (χ3n) is 2.87. The summed E-state index contributed by atoms with van der Waals surface area (Å²) in [6, 6.07) is 4.26. The van der Waals surface area contributed by atoms with E-state index in [1.165, 1.54) is 4.88 Å². The Labute approximate surface area is 117 Å². The molecule has 0 radical (unpaired) electrons. The molecular weight excluding hydrogens is 266 g/mol. The van der Waals surface area contributed by atoms with Gasteiger partial charge < -0.3 is 5.32 Å². The van der Waals surface area contributed by atoms with Gasteiger partial charge in [-0.1, -0.05) is 17.7 Å². The Balaban J connectivity index is 1.86. The maximum atomic E-state index is 6.25. The molecule has 5 heteroatoms. The highest BCUT2D eigenvalue weighted by molar-refractivity contribution is 7.09. The summed E-state index contributed by atoms with van der Waals surface area (Å²) in [5, 5.41) is 10.7. The minimum Gasteiger partial charge on any atom is -0.311 e. The summed E-state index contributed by atoms with van der Waals surface area (Å²) < 4.78 is 1.97.